The van der Waals surface area contributed by atoms with Crippen molar-refractivity contribution < 1.29 is 9.84 Å². The molecule has 0 bridgehead atoms. The molecule has 1 aromatic carbocycles. The Morgan fingerprint density at radius 2 is 2.29 bits per heavy atom. The maximum atomic E-state index is 9.24. The number of imidazole rings is 1. The highest BCUT2D eigenvalue weighted by Crippen LogP contribution is 2.23. The molecule has 0 saturated carbocycles. The minimum absolute atomic E-state index is 0.0415. The van der Waals surface area contributed by atoms with Crippen LogP contribution in [0.1, 0.15) is 11.3 Å². The summed E-state index contributed by atoms with van der Waals surface area (Å²) < 4.78 is 8.49. The van der Waals surface area contributed by atoms with E-state index >= 15 is 0 Å². The second kappa shape index (κ2) is 5.33. The van der Waals surface area contributed by atoms with Crippen molar-refractivity contribution in [3.05, 3.63) is 46.5 Å². The van der Waals surface area contributed by atoms with Crippen LogP contribution in [0.2, 0.25) is 0 Å². The highest BCUT2D eigenvalue weighted by atomic mass is 79.9. The fourth-order valence-corrected chi connectivity index (χ4v) is 1.90. The van der Waals surface area contributed by atoms with Crippen molar-refractivity contribution in [1.29, 1.82) is 0 Å². The van der Waals surface area contributed by atoms with Crippen LogP contribution in [0.5, 0.6) is 5.75 Å². The number of ether oxygens (including phenoxy) is 1. The molecule has 17 heavy (non-hydrogen) atoms. The van der Waals surface area contributed by atoms with Gasteiger partial charge in [-0.15, -0.1) is 0 Å². The van der Waals surface area contributed by atoms with E-state index in [0.717, 1.165) is 15.7 Å². The summed E-state index contributed by atoms with van der Waals surface area (Å²) in [6.45, 7) is 0.394. The van der Waals surface area contributed by atoms with E-state index in [0.29, 0.717) is 12.4 Å². The van der Waals surface area contributed by atoms with Gasteiger partial charge in [0.05, 0.1) is 24.8 Å². The fraction of sp³-hybridized carbons (Fsp3) is 0.250. The molecule has 5 heteroatoms. The third kappa shape index (κ3) is 2.87. The van der Waals surface area contributed by atoms with E-state index in [1.54, 1.807) is 12.5 Å². The molecule has 1 aromatic heterocycles. The molecule has 0 fully saturated rings. The predicted octanol–water partition coefficient (Wildman–Crippen LogP) is 2.25. The van der Waals surface area contributed by atoms with Crippen LogP contribution in [0.3, 0.4) is 0 Å². The third-order valence-electron chi connectivity index (χ3n) is 2.48. The third-order valence-corrected chi connectivity index (χ3v) is 2.98. The number of halogens is 1. The van der Waals surface area contributed by atoms with Gasteiger partial charge in [-0.1, -0.05) is 15.9 Å². The highest BCUT2D eigenvalue weighted by molar-refractivity contribution is 9.10. The number of aryl methyl sites for hydroxylation is 1. The zero-order chi connectivity index (χ0) is 12.3. The van der Waals surface area contributed by atoms with Crippen molar-refractivity contribution in [1.82, 2.24) is 9.55 Å². The number of aliphatic hydroxyl groups is 1. The minimum Gasteiger partial charge on any atom is -0.487 e. The average Bonchev–Trinajstić information content (AvgIpc) is 2.73. The van der Waals surface area contributed by atoms with Crippen molar-refractivity contribution in [2.75, 3.05) is 0 Å². The van der Waals surface area contributed by atoms with Crippen LogP contribution in [-0.4, -0.2) is 14.7 Å². The molecule has 0 aliphatic heterocycles. The van der Waals surface area contributed by atoms with Crippen molar-refractivity contribution >= 4 is 15.9 Å². The molecule has 2 rings (SSSR count). The Morgan fingerprint density at radius 3 is 2.94 bits per heavy atom. The van der Waals surface area contributed by atoms with Gasteiger partial charge in [-0.05, 0) is 18.2 Å². The Morgan fingerprint density at radius 1 is 1.47 bits per heavy atom. The van der Waals surface area contributed by atoms with Crippen LogP contribution >= 0.6 is 15.9 Å². The summed E-state index contributed by atoms with van der Waals surface area (Å²) in [5.41, 5.74) is 1.75. The smallest absolute Gasteiger partial charge is 0.130 e. The lowest BCUT2D eigenvalue weighted by Gasteiger charge is -2.10. The Kier molecular flexibility index (Phi) is 3.81. The standard InChI is InChI=1S/C12H13BrN2O2/c1-15-8-14-5-11(15)7-17-12-3-2-10(13)4-9(12)6-16/h2-5,8,16H,6-7H2,1H3. The van der Waals surface area contributed by atoms with Gasteiger partial charge >= 0.3 is 0 Å². The second-order valence-corrected chi connectivity index (χ2v) is 4.61. The van der Waals surface area contributed by atoms with E-state index in [1.807, 2.05) is 29.8 Å². The molecule has 0 atom stereocenters. The number of hydrogen-bond acceptors (Lipinski definition) is 3. The topological polar surface area (TPSA) is 47.3 Å². The minimum atomic E-state index is -0.0415. The van der Waals surface area contributed by atoms with Crippen LogP contribution in [0.4, 0.5) is 0 Å². The maximum absolute atomic E-state index is 9.24. The van der Waals surface area contributed by atoms with Crippen LogP contribution in [0.25, 0.3) is 0 Å². The van der Waals surface area contributed by atoms with Crippen LogP contribution < -0.4 is 4.74 Å². The van der Waals surface area contributed by atoms with E-state index < -0.39 is 0 Å². The number of rotatable bonds is 4. The lowest BCUT2D eigenvalue weighted by molar-refractivity contribution is 0.256. The molecule has 4 nitrogen and oxygen atoms in total. The lowest BCUT2D eigenvalue weighted by Crippen LogP contribution is -2.02. The van der Waals surface area contributed by atoms with Gasteiger partial charge in [0, 0.05) is 17.1 Å². The molecule has 0 spiro atoms. The van der Waals surface area contributed by atoms with E-state index in [1.165, 1.54) is 0 Å². The SMILES string of the molecule is Cn1cncc1COc1ccc(Br)cc1CO. The molecule has 1 N–H and O–H groups in total. The summed E-state index contributed by atoms with van der Waals surface area (Å²) in [7, 11) is 1.92. The van der Waals surface area contributed by atoms with Gasteiger partial charge in [0.15, 0.2) is 0 Å². The van der Waals surface area contributed by atoms with Gasteiger partial charge in [0.25, 0.3) is 0 Å². The van der Waals surface area contributed by atoms with E-state index in [4.69, 9.17) is 4.74 Å². The molecule has 1 heterocycles. The molecular formula is C12H13BrN2O2. The molecule has 0 amide bonds. The van der Waals surface area contributed by atoms with E-state index in [-0.39, 0.29) is 6.61 Å². The lowest BCUT2D eigenvalue weighted by atomic mass is 10.2. The van der Waals surface area contributed by atoms with E-state index in [2.05, 4.69) is 20.9 Å². The molecule has 0 saturated heterocycles. The molecule has 0 unspecified atom stereocenters. The van der Waals surface area contributed by atoms with Crippen molar-refractivity contribution in [3.63, 3.8) is 0 Å². The molecule has 0 aliphatic carbocycles. The van der Waals surface area contributed by atoms with Crippen LogP contribution in [-0.2, 0) is 20.3 Å². The molecule has 0 aliphatic rings. The molecular weight excluding hydrogens is 284 g/mol. The van der Waals surface area contributed by atoms with Gasteiger partial charge in [-0.3, -0.25) is 0 Å². The Bertz CT molecular complexity index is 511. The van der Waals surface area contributed by atoms with Crippen molar-refractivity contribution in [3.8, 4) is 5.75 Å². The Balaban J connectivity index is 2.11. The average molecular weight is 297 g/mol. The first-order chi connectivity index (χ1) is 8.20. The number of aliphatic hydroxyl groups excluding tert-OH is 1. The summed E-state index contributed by atoms with van der Waals surface area (Å²) in [4.78, 5) is 4.02. The number of hydrogen-bond donors (Lipinski definition) is 1. The largest absolute Gasteiger partial charge is 0.487 e. The zero-order valence-electron chi connectivity index (χ0n) is 9.43. The predicted molar refractivity (Wildman–Crippen MR) is 67.6 cm³/mol. The van der Waals surface area contributed by atoms with Gasteiger partial charge in [0.2, 0.25) is 0 Å². The first-order valence-electron chi connectivity index (χ1n) is 5.18. The van der Waals surface area contributed by atoms with Crippen molar-refractivity contribution in [2.45, 2.75) is 13.2 Å². The van der Waals surface area contributed by atoms with Gasteiger partial charge < -0.3 is 14.4 Å². The van der Waals surface area contributed by atoms with Crippen LogP contribution in [0, 0.1) is 0 Å². The normalized spacial score (nSPS) is 10.5. The maximum Gasteiger partial charge on any atom is 0.130 e. The second-order valence-electron chi connectivity index (χ2n) is 3.69. The van der Waals surface area contributed by atoms with Gasteiger partial charge in [0.1, 0.15) is 12.4 Å². The van der Waals surface area contributed by atoms with Crippen LogP contribution in [0.15, 0.2) is 35.2 Å². The Hall–Kier alpha value is -1.33. The summed E-state index contributed by atoms with van der Waals surface area (Å²) >= 11 is 3.36. The fourth-order valence-electron chi connectivity index (χ4n) is 1.49. The van der Waals surface area contributed by atoms with E-state index in [9.17, 15) is 5.11 Å². The first-order valence-corrected chi connectivity index (χ1v) is 5.97. The number of nitrogens with zero attached hydrogens (tertiary/aromatic N) is 2. The van der Waals surface area contributed by atoms with Gasteiger partial charge in [-0.25, -0.2) is 4.98 Å². The first kappa shape index (κ1) is 12.1. The molecule has 2 aromatic rings. The monoisotopic (exact) mass is 296 g/mol. The number of benzene rings is 1. The Labute approximate surface area is 108 Å². The summed E-state index contributed by atoms with van der Waals surface area (Å²) in [5.74, 6) is 0.692. The highest BCUT2D eigenvalue weighted by Gasteiger charge is 2.05. The summed E-state index contributed by atoms with van der Waals surface area (Å²) in [5, 5.41) is 9.24. The van der Waals surface area contributed by atoms with Crippen molar-refractivity contribution in [2.24, 2.45) is 7.05 Å². The number of aromatic nitrogens is 2. The summed E-state index contributed by atoms with van der Waals surface area (Å²) in [6, 6.07) is 5.57. The molecule has 0 radical (unpaired) electrons. The molecule has 90 valence electrons. The zero-order valence-corrected chi connectivity index (χ0v) is 11.0. The van der Waals surface area contributed by atoms with Gasteiger partial charge in [-0.2, -0.15) is 0 Å². The quantitative estimate of drug-likeness (QED) is 0.941. The summed E-state index contributed by atoms with van der Waals surface area (Å²) in [6.07, 6.45) is 3.49.